The first-order valence-electron chi connectivity index (χ1n) is 7.95. The average molecular weight is 379 g/mol. The molecule has 0 amide bonds. The molecular weight excluding hydrogens is 360 g/mol. The Bertz CT molecular complexity index is 665. The van der Waals surface area contributed by atoms with Crippen molar-refractivity contribution in [3.05, 3.63) is 34.6 Å². The molecule has 0 unspecified atom stereocenters. The van der Waals surface area contributed by atoms with E-state index in [0.29, 0.717) is 24.1 Å². The van der Waals surface area contributed by atoms with E-state index in [1.54, 1.807) is 0 Å². The molecule has 122 valence electrons. The van der Waals surface area contributed by atoms with Crippen molar-refractivity contribution in [2.24, 2.45) is 5.92 Å². The van der Waals surface area contributed by atoms with E-state index in [4.69, 9.17) is 9.15 Å². The molecule has 6 heteroatoms. The summed E-state index contributed by atoms with van der Waals surface area (Å²) in [7, 11) is 0. The molecule has 2 aromatic rings. The maximum Gasteiger partial charge on any atom is 0.306 e. The molecule has 0 saturated heterocycles. The third kappa shape index (κ3) is 4.41. The Morgan fingerprint density at radius 1 is 1.26 bits per heavy atom. The van der Waals surface area contributed by atoms with Crippen molar-refractivity contribution in [3.8, 4) is 11.5 Å². The second-order valence-corrected chi connectivity index (χ2v) is 6.68. The molecule has 0 aliphatic heterocycles. The molecule has 3 rings (SSSR count). The van der Waals surface area contributed by atoms with Crippen molar-refractivity contribution in [2.45, 2.75) is 45.1 Å². The van der Waals surface area contributed by atoms with E-state index < -0.39 is 0 Å². The predicted molar refractivity (Wildman–Crippen MR) is 88.4 cm³/mol. The lowest BCUT2D eigenvalue weighted by Gasteiger charge is -2.07. The van der Waals surface area contributed by atoms with Gasteiger partial charge < -0.3 is 9.15 Å². The van der Waals surface area contributed by atoms with Gasteiger partial charge in [-0.25, -0.2) is 0 Å². The van der Waals surface area contributed by atoms with Crippen molar-refractivity contribution in [2.75, 3.05) is 0 Å². The van der Waals surface area contributed by atoms with Crippen molar-refractivity contribution >= 4 is 21.9 Å². The van der Waals surface area contributed by atoms with Gasteiger partial charge in [0.25, 0.3) is 5.89 Å². The minimum Gasteiger partial charge on any atom is -0.456 e. The molecule has 23 heavy (non-hydrogen) atoms. The van der Waals surface area contributed by atoms with Crippen LogP contribution in [0.3, 0.4) is 0 Å². The van der Waals surface area contributed by atoms with Crippen LogP contribution in [0.4, 0.5) is 0 Å². The third-order valence-corrected chi connectivity index (χ3v) is 4.85. The van der Waals surface area contributed by atoms with E-state index in [0.717, 1.165) is 16.5 Å². The number of hydrogen-bond donors (Lipinski definition) is 0. The molecule has 1 heterocycles. The summed E-state index contributed by atoms with van der Waals surface area (Å²) in [5.41, 5.74) is 0.818. The first kappa shape index (κ1) is 16.2. The van der Waals surface area contributed by atoms with Crippen LogP contribution in [0.1, 0.15) is 44.4 Å². The Balaban J connectivity index is 1.49. The molecule has 0 atom stereocenters. The van der Waals surface area contributed by atoms with Crippen LogP contribution in [-0.4, -0.2) is 16.2 Å². The number of aromatic nitrogens is 2. The molecule has 1 saturated carbocycles. The van der Waals surface area contributed by atoms with Crippen LogP contribution >= 0.6 is 15.9 Å². The summed E-state index contributed by atoms with van der Waals surface area (Å²) in [5, 5.41) is 7.92. The zero-order chi connectivity index (χ0) is 16.1. The maximum atomic E-state index is 11.8. The number of carbonyl (C=O) groups excluding carboxylic acids is 1. The summed E-state index contributed by atoms with van der Waals surface area (Å²) in [6.07, 6.45) is 6.46. The lowest BCUT2D eigenvalue weighted by atomic mass is 10.0. The van der Waals surface area contributed by atoms with Crippen LogP contribution < -0.4 is 0 Å². The van der Waals surface area contributed by atoms with E-state index in [-0.39, 0.29) is 12.6 Å². The molecule has 0 N–H and O–H groups in total. The van der Waals surface area contributed by atoms with Gasteiger partial charge in [-0.2, -0.15) is 0 Å². The molecule has 1 aliphatic rings. The first-order chi connectivity index (χ1) is 11.2. The average Bonchev–Trinajstić information content (AvgIpc) is 3.23. The van der Waals surface area contributed by atoms with Crippen LogP contribution in [0.15, 0.2) is 33.2 Å². The van der Waals surface area contributed by atoms with Gasteiger partial charge >= 0.3 is 5.97 Å². The number of hydrogen-bond acceptors (Lipinski definition) is 5. The molecule has 1 aliphatic carbocycles. The fraction of sp³-hybridized carbons (Fsp3) is 0.471. The Kier molecular flexibility index (Phi) is 5.43. The minimum absolute atomic E-state index is 0.0287. The fourth-order valence-electron chi connectivity index (χ4n) is 2.89. The van der Waals surface area contributed by atoms with Crippen LogP contribution in [0, 0.1) is 5.92 Å². The number of benzene rings is 1. The highest BCUT2D eigenvalue weighted by molar-refractivity contribution is 9.10. The van der Waals surface area contributed by atoms with Gasteiger partial charge in [-0.05, 0) is 40.4 Å². The predicted octanol–water partition coefficient (Wildman–Crippen LogP) is 4.51. The second-order valence-electron chi connectivity index (χ2n) is 5.83. The van der Waals surface area contributed by atoms with Gasteiger partial charge in [0.15, 0.2) is 6.61 Å². The monoisotopic (exact) mass is 378 g/mol. The van der Waals surface area contributed by atoms with Gasteiger partial charge in [0, 0.05) is 10.9 Å². The Hall–Kier alpha value is -1.69. The van der Waals surface area contributed by atoms with Gasteiger partial charge in [-0.15, -0.1) is 10.2 Å². The zero-order valence-corrected chi connectivity index (χ0v) is 14.4. The van der Waals surface area contributed by atoms with Crippen LogP contribution in [-0.2, 0) is 16.1 Å². The normalized spacial score (nSPS) is 15.0. The largest absolute Gasteiger partial charge is 0.456 e. The van der Waals surface area contributed by atoms with E-state index in [9.17, 15) is 4.79 Å². The van der Waals surface area contributed by atoms with Gasteiger partial charge in [0.2, 0.25) is 5.89 Å². The van der Waals surface area contributed by atoms with E-state index in [1.165, 1.54) is 25.7 Å². The van der Waals surface area contributed by atoms with E-state index in [1.807, 2.05) is 24.3 Å². The van der Waals surface area contributed by atoms with Crippen molar-refractivity contribution < 1.29 is 13.9 Å². The van der Waals surface area contributed by atoms with Gasteiger partial charge in [-0.3, -0.25) is 4.79 Å². The Morgan fingerprint density at radius 2 is 2.04 bits per heavy atom. The number of carbonyl (C=O) groups is 1. The van der Waals surface area contributed by atoms with E-state index >= 15 is 0 Å². The number of ether oxygens (including phenoxy) is 1. The van der Waals surface area contributed by atoms with E-state index in [2.05, 4.69) is 26.1 Å². The summed E-state index contributed by atoms with van der Waals surface area (Å²) >= 11 is 3.44. The minimum atomic E-state index is -0.197. The van der Waals surface area contributed by atoms with Crippen LogP contribution in [0.5, 0.6) is 0 Å². The van der Waals surface area contributed by atoms with Gasteiger partial charge in [0.1, 0.15) is 0 Å². The highest BCUT2D eigenvalue weighted by Crippen LogP contribution is 2.29. The van der Waals surface area contributed by atoms with Gasteiger partial charge in [0.05, 0.1) is 5.56 Å². The number of halogens is 1. The lowest BCUT2D eigenvalue weighted by molar-refractivity contribution is -0.146. The molecule has 0 radical (unpaired) electrons. The van der Waals surface area contributed by atoms with Gasteiger partial charge in [-0.1, -0.05) is 37.8 Å². The quantitative estimate of drug-likeness (QED) is 0.691. The standard InChI is InChI=1S/C17H19BrN2O3/c18-14-8-4-3-7-13(14)17-20-19-15(23-17)11-22-16(21)10-9-12-5-1-2-6-12/h3-4,7-8,12H,1-2,5-6,9-11H2. The first-order valence-corrected chi connectivity index (χ1v) is 8.74. The molecule has 1 aromatic heterocycles. The summed E-state index contributed by atoms with van der Waals surface area (Å²) in [5.74, 6) is 1.21. The highest BCUT2D eigenvalue weighted by atomic mass is 79.9. The third-order valence-electron chi connectivity index (χ3n) is 4.16. The van der Waals surface area contributed by atoms with Crippen molar-refractivity contribution in [1.82, 2.24) is 10.2 Å². The molecule has 1 fully saturated rings. The summed E-state index contributed by atoms with van der Waals surface area (Å²) in [6.45, 7) is 0.0287. The molecule has 1 aromatic carbocycles. The SMILES string of the molecule is O=C(CCC1CCCC1)OCc1nnc(-c2ccccc2Br)o1. The summed E-state index contributed by atoms with van der Waals surface area (Å²) in [6, 6.07) is 7.60. The summed E-state index contributed by atoms with van der Waals surface area (Å²) < 4.78 is 11.6. The van der Waals surface area contributed by atoms with Crippen LogP contribution in [0.2, 0.25) is 0 Å². The zero-order valence-electron chi connectivity index (χ0n) is 12.8. The fourth-order valence-corrected chi connectivity index (χ4v) is 3.35. The number of nitrogens with zero attached hydrogens (tertiary/aromatic N) is 2. The number of esters is 1. The topological polar surface area (TPSA) is 65.2 Å². The summed E-state index contributed by atoms with van der Waals surface area (Å²) in [4.78, 5) is 11.8. The Labute approximate surface area is 143 Å². The molecule has 0 bridgehead atoms. The number of rotatable bonds is 6. The Morgan fingerprint density at radius 3 is 2.83 bits per heavy atom. The molecule has 0 spiro atoms. The lowest BCUT2D eigenvalue weighted by Crippen LogP contribution is -2.07. The smallest absolute Gasteiger partial charge is 0.306 e. The second kappa shape index (κ2) is 7.73. The highest BCUT2D eigenvalue weighted by Gasteiger charge is 2.17. The van der Waals surface area contributed by atoms with Crippen molar-refractivity contribution in [1.29, 1.82) is 0 Å². The van der Waals surface area contributed by atoms with Crippen LogP contribution in [0.25, 0.3) is 11.5 Å². The maximum absolute atomic E-state index is 11.8. The molecular formula is C17H19BrN2O3. The van der Waals surface area contributed by atoms with Crippen molar-refractivity contribution in [3.63, 3.8) is 0 Å². The molecule has 5 nitrogen and oxygen atoms in total.